The summed E-state index contributed by atoms with van der Waals surface area (Å²) in [4.78, 5) is 26.3. The summed E-state index contributed by atoms with van der Waals surface area (Å²) in [6.07, 6.45) is 1.35. The Morgan fingerprint density at radius 1 is 1.50 bits per heavy atom. The van der Waals surface area contributed by atoms with E-state index in [2.05, 4.69) is 15.2 Å². The summed E-state index contributed by atoms with van der Waals surface area (Å²) in [6.45, 7) is 0.411. The fourth-order valence-electron chi connectivity index (χ4n) is 1.78. The maximum atomic E-state index is 12.2. The van der Waals surface area contributed by atoms with E-state index in [0.29, 0.717) is 10.9 Å². The molecule has 2 amide bonds. The van der Waals surface area contributed by atoms with Crippen molar-refractivity contribution in [1.82, 2.24) is 14.7 Å². The van der Waals surface area contributed by atoms with Crippen LogP contribution in [0.3, 0.4) is 0 Å². The molecule has 0 saturated heterocycles. The number of esters is 1. The van der Waals surface area contributed by atoms with E-state index >= 15 is 0 Å². The third-order valence-electron chi connectivity index (χ3n) is 2.94. The lowest BCUT2D eigenvalue weighted by molar-refractivity contribution is 0.0602. The van der Waals surface area contributed by atoms with Gasteiger partial charge in [0.2, 0.25) is 0 Å². The van der Waals surface area contributed by atoms with Gasteiger partial charge in [-0.05, 0) is 12.1 Å². The van der Waals surface area contributed by atoms with Crippen LogP contribution in [-0.4, -0.2) is 40.8 Å². The van der Waals surface area contributed by atoms with Crippen LogP contribution in [0, 0.1) is 0 Å². The summed E-state index contributed by atoms with van der Waals surface area (Å²) < 4.78 is 6.73. The summed E-state index contributed by atoms with van der Waals surface area (Å²) in [6, 6.07) is 3.28. The molecule has 118 valence electrons. The highest BCUT2D eigenvalue weighted by molar-refractivity contribution is 7.16. The number of ether oxygens (including phenoxy) is 1. The van der Waals surface area contributed by atoms with E-state index in [1.165, 1.54) is 34.2 Å². The molecular weight excluding hydrogens is 328 g/mol. The number of thiophene rings is 1. The van der Waals surface area contributed by atoms with E-state index in [9.17, 15) is 9.59 Å². The lowest BCUT2D eigenvalue weighted by Gasteiger charge is -2.17. The number of carbonyl (C=O) groups excluding carboxylic acids is 2. The summed E-state index contributed by atoms with van der Waals surface area (Å²) in [5, 5.41) is 6.61. The van der Waals surface area contributed by atoms with Crippen LogP contribution in [0.15, 0.2) is 18.3 Å². The molecule has 2 heterocycles. The molecule has 0 aliphatic heterocycles. The Labute approximate surface area is 136 Å². The van der Waals surface area contributed by atoms with Crippen LogP contribution in [-0.2, 0) is 18.3 Å². The van der Waals surface area contributed by atoms with Crippen molar-refractivity contribution in [3.05, 3.63) is 33.1 Å². The number of hydrogen-bond donors (Lipinski definition) is 1. The Bertz CT molecular complexity index is 697. The number of halogens is 1. The van der Waals surface area contributed by atoms with Gasteiger partial charge in [0.15, 0.2) is 0 Å². The Balaban J connectivity index is 2.08. The SMILES string of the molecule is COC(=O)c1cnn(C)c1NC(=O)N(C)Cc1ccc(Cl)s1. The topological polar surface area (TPSA) is 76.5 Å². The second-order valence-corrected chi connectivity index (χ2v) is 6.31. The van der Waals surface area contributed by atoms with Crippen molar-refractivity contribution in [1.29, 1.82) is 0 Å². The van der Waals surface area contributed by atoms with Crippen LogP contribution in [0.1, 0.15) is 15.2 Å². The zero-order valence-electron chi connectivity index (χ0n) is 12.3. The number of amides is 2. The summed E-state index contributed by atoms with van der Waals surface area (Å²) in [5.41, 5.74) is 0.200. The second kappa shape index (κ2) is 6.80. The zero-order valence-corrected chi connectivity index (χ0v) is 13.9. The molecule has 0 radical (unpaired) electrons. The molecule has 7 nitrogen and oxygen atoms in total. The molecule has 0 spiro atoms. The lowest BCUT2D eigenvalue weighted by Crippen LogP contribution is -2.31. The van der Waals surface area contributed by atoms with Crippen molar-refractivity contribution in [3.8, 4) is 0 Å². The lowest BCUT2D eigenvalue weighted by atomic mass is 10.3. The monoisotopic (exact) mass is 342 g/mol. The molecule has 1 N–H and O–H groups in total. The molecule has 0 aromatic carbocycles. The zero-order chi connectivity index (χ0) is 16.3. The molecule has 0 aliphatic carbocycles. The van der Waals surface area contributed by atoms with Gasteiger partial charge in [0.1, 0.15) is 11.4 Å². The Morgan fingerprint density at radius 3 is 2.82 bits per heavy atom. The minimum absolute atomic E-state index is 0.200. The Hall–Kier alpha value is -2.06. The number of anilines is 1. The molecule has 2 aromatic rings. The first-order chi connectivity index (χ1) is 10.4. The molecule has 0 fully saturated rings. The van der Waals surface area contributed by atoms with Gasteiger partial charge in [-0.25, -0.2) is 9.59 Å². The first-order valence-corrected chi connectivity index (χ1v) is 7.48. The largest absolute Gasteiger partial charge is 0.465 e. The molecule has 9 heteroatoms. The van der Waals surface area contributed by atoms with Crippen molar-refractivity contribution in [2.24, 2.45) is 7.05 Å². The maximum Gasteiger partial charge on any atom is 0.343 e. The highest BCUT2D eigenvalue weighted by Crippen LogP contribution is 2.23. The van der Waals surface area contributed by atoms with E-state index in [0.717, 1.165) is 4.88 Å². The molecule has 0 unspecified atom stereocenters. The summed E-state index contributed by atoms with van der Waals surface area (Å²) in [7, 11) is 4.55. The smallest absolute Gasteiger partial charge is 0.343 e. The highest BCUT2D eigenvalue weighted by atomic mass is 35.5. The highest BCUT2D eigenvalue weighted by Gasteiger charge is 2.20. The van der Waals surface area contributed by atoms with E-state index in [4.69, 9.17) is 11.6 Å². The number of aryl methyl sites for hydroxylation is 1. The quantitative estimate of drug-likeness (QED) is 0.866. The minimum Gasteiger partial charge on any atom is -0.465 e. The number of urea groups is 1. The third kappa shape index (κ3) is 3.58. The minimum atomic E-state index is -0.559. The van der Waals surface area contributed by atoms with Crippen LogP contribution in [0.5, 0.6) is 0 Å². The Kier molecular flexibility index (Phi) is 5.04. The van der Waals surface area contributed by atoms with Gasteiger partial charge in [-0.3, -0.25) is 10.00 Å². The summed E-state index contributed by atoms with van der Waals surface area (Å²) in [5.74, 6) is -0.274. The van der Waals surface area contributed by atoms with Gasteiger partial charge in [0, 0.05) is 19.0 Å². The van der Waals surface area contributed by atoms with Crippen LogP contribution in [0.4, 0.5) is 10.6 Å². The van der Waals surface area contributed by atoms with E-state index < -0.39 is 5.97 Å². The predicted molar refractivity (Wildman–Crippen MR) is 84.4 cm³/mol. The maximum absolute atomic E-state index is 12.2. The van der Waals surface area contributed by atoms with Crippen molar-refractivity contribution in [2.45, 2.75) is 6.54 Å². The number of methoxy groups -OCH3 is 1. The van der Waals surface area contributed by atoms with E-state index in [1.807, 2.05) is 6.07 Å². The molecule has 2 rings (SSSR count). The van der Waals surface area contributed by atoms with Crippen LogP contribution in [0.2, 0.25) is 4.34 Å². The Morgan fingerprint density at radius 2 is 2.23 bits per heavy atom. The molecule has 2 aromatic heterocycles. The van der Waals surface area contributed by atoms with E-state index in [1.54, 1.807) is 20.2 Å². The molecule has 0 atom stereocenters. The molecule has 0 bridgehead atoms. The van der Waals surface area contributed by atoms with Crippen molar-refractivity contribution in [2.75, 3.05) is 19.5 Å². The van der Waals surface area contributed by atoms with Gasteiger partial charge < -0.3 is 9.64 Å². The normalized spacial score (nSPS) is 10.4. The fraction of sp³-hybridized carbons (Fsp3) is 0.308. The molecule has 0 aliphatic rings. The van der Waals surface area contributed by atoms with Gasteiger partial charge in [0.05, 0.1) is 24.2 Å². The first-order valence-electron chi connectivity index (χ1n) is 6.29. The van der Waals surface area contributed by atoms with Crippen LogP contribution in [0.25, 0.3) is 0 Å². The average Bonchev–Trinajstić information content (AvgIpc) is 3.05. The molecular formula is C13H15ClN4O3S. The van der Waals surface area contributed by atoms with Gasteiger partial charge in [0.25, 0.3) is 0 Å². The standard InChI is InChI=1S/C13H15ClN4O3S/c1-17(7-8-4-5-10(14)22-8)13(20)16-11-9(12(19)21-3)6-15-18(11)2/h4-6H,7H2,1-3H3,(H,16,20). The fourth-order valence-corrected chi connectivity index (χ4v) is 2.93. The number of nitrogens with zero attached hydrogens (tertiary/aromatic N) is 3. The number of aromatic nitrogens is 2. The summed E-state index contributed by atoms with van der Waals surface area (Å²) >= 11 is 7.28. The number of rotatable bonds is 4. The number of nitrogens with one attached hydrogen (secondary N) is 1. The number of carbonyl (C=O) groups is 2. The van der Waals surface area contributed by atoms with Gasteiger partial charge in [-0.15, -0.1) is 11.3 Å². The van der Waals surface area contributed by atoms with Gasteiger partial charge >= 0.3 is 12.0 Å². The molecule has 22 heavy (non-hydrogen) atoms. The predicted octanol–water partition coefficient (Wildman–Crippen LogP) is 2.59. The number of hydrogen-bond acceptors (Lipinski definition) is 5. The first kappa shape index (κ1) is 16.3. The third-order valence-corrected chi connectivity index (χ3v) is 4.15. The molecule has 0 saturated carbocycles. The van der Waals surface area contributed by atoms with E-state index in [-0.39, 0.29) is 17.4 Å². The van der Waals surface area contributed by atoms with Crippen molar-refractivity contribution >= 4 is 40.8 Å². The van der Waals surface area contributed by atoms with Gasteiger partial charge in [-0.2, -0.15) is 5.10 Å². The van der Waals surface area contributed by atoms with Crippen molar-refractivity contribution < 1.29 is 14.3 Å². The van der Waals surface area contributed by atoms with Crippen LogP contribution < -0.4 is 5.32 Å². The van der Waals surface area contributed by atoms with Crippen LogP contribution >= 0.6 is 22.9 Å². The van der Waals surface area contributed by atoms with Gasteiger partial charge in [-0.1, -0.05) is 11.6 Å². The second-order valence-electron chi connectivity index (χ2n) is 4.51. The van der Waals surface area contributed by atoms with Crippen molar-refractivity contribution in [3.63, 3.8) is 0 Å². The average molecular weight is 343 g/mol.